The Kier molecular flexibility index (Phi) is 2.25. The first kappa shape index (κ1) is 7.78. The molecular formula is C7H9NO3. The van der Waals surface area contributed by atoms with E-state index >= 15 is 0 Å². The second kappa shape index (κ2) is 3.18. The van der Waals surface area contributed by atoms with E-state index in [4.69, 9.17) is 9.15 Å². The number of oxazole rings is 1. The minimum Gasteiger partial charge on any atom is -0.455 e. The van der Waals surface area contributed by atoms with Gasteiger partial charge in [0.1, 0.15) is 0 Å². The normalized spacial score (nSPS) is 12.5. The third-order valence-electron chi connectivity index (χ3n) is 1.19. The van der Waals surface area contributed by atoms with E-state index in [-0.39, 0.29) is 12.1 Å². The highest BCUT2D eigenvalue weighted by Crippen LogP contribution is 2.14. The Morgan fingerprint density at radius 3 is 3.00 bits per heavy atom. The van der Waals surface area contributed by atoms with Crippen molar-refractivity contribution in [2.75, 3.05) is 0 Å². The molecular weight excluding hydrogens is 146 g/mol. The zero-order chi connectivity index (χ0) is 8.27. The van der Waals surface area contributed by atoms with E-state index < -0.39 is 0 Å². The molecule has 1 aromatic heterocycles. The Morgan fingerprint density at radius 2 is 2.55 bits per heavy atom. The van der Waals surface area contributed by atoms with Crippen LogP contribution in [-0.2, 0) is 9.53 Å². The average Bonchev–Trinajstić information content (AvgIpc) is 2.35. The molecule has 0 saturated carbocycles. The smallest absolute Gasteiger partial charge is 0.303 e. The van der Waals surface area contributed by atoms with Crippen LogP contribution in [0.2, 0.25) is 0 Å². The number of aromatic nitrogens is 1. The van der Waals surface area contributed by atoms with E-state index in [1.807, 2.05) is 0 Å². The van der Waals surface area contributed by atoms with Gasteiger partial charge in [-0.15, -0.1) is 0 Å². The molecule has 0 fully saturated rings. The molecule has 4 nitrogen and oxygen atoms in total. The van der Waals surface area contributed by atoms with Gasteiger partial charge >= 0.3 is 5.97 Å². The van der Waals surface area contributed by atoms with Crippen molar-refractivity contribution in [3.63, 3.8) is 0 Å². The molecule has 4 heteroatoms. The summed E-state index contributed by atoms with van der Waals surface area (Å²) in [6.07, 6.45) is 2.47. The molecule has 0 aliphatic heterocycles. The molecule has 1 rings (SSSR count). The number of carbonyl (C=O) groups is 1. The van der Waals surface area contributed by atoms with Crippen LogP contribution in [0.3, 0.4) is 0 Å². The number of nitrogens with zero attached hydrogens (tertiary/aromatic N) is 1. The second-order valence-electron chi connectivity index (χ2n) is 2.16. The number of hydrogen-bond donors (Lipinski definition) is 0. The van der Waals surface area contributed by atoms with Crippen LogP contribution >= 0.6 is 0 Å². The highest BCUT2D eigenvalue weighted by molar-refractivity contribution is 5.66. The molecule has 0 amide bonds. The summed E-state index contributed by atoms with van der Waals surface area (Å²) in [6, 6.07) is 0. The highest BCUT2D eigenvalue weighted by atomic mass is 16.5. The summed E-state index contributed by atoms with van der Waals surface area (Å²) in [5.74, 6) is 0.231. The average molecular weight is 155 g/mol. The first-order valence-electron chi connectivity index (χ1n) is 3.25. The predicted octanol–water partition coefficient (Wildman–Crippen LogP) is 1.30. The van der Waals surface area contributed by atoms with Crippen LogP contribution in [0.15, 0.2) is 17.0 Å². The third kappa shape index (κ3) is 2.07. The van der Waals surface area contributed by atoms with E-state index in [9.17, 15) is 4.79 Å². The zero-order valence-corrected chi connectivity index (χ0v) is 6.40. The Morgan fingerprint density at radius 1 is 1.82 bits per heavy atom. The van der Waals surface area contributed by atoms with Crippen LogP contribution in [0, 0.1) is 0 Å². The number of carbonyl (C=O) groups excluding carboxylic acids is 1. The molecule has 60 valence electrons. The fraction of sp³-hybridized carbons (Fsp3) is 0.429. The monoisotopic (exact) mass is 155 g/mol. The maximum Gasteiger partial charge on any atom is 0.303 e. The summed E-state index contributed by atoms with van der Waals surface area (Å²) >= 11 is 0. The molecule has 0 radical (unpaired) electrons. The van der Waals surface area contributed by atoms with Gasteiger partial charge in [0.15, 0.2) is 18.3 Å². The largest absolute Gasteiger partial charge is 0.455 e. The molecule has 0 bridgehead atoms. The Balaban J connectivity index is 2.56. The van der Waals surface area contributed by atoms with E-state index in [0.717, 1.165) is 0 Å². The van der Waals surface area contributed by atoms with Crippen molar-refractivity contribution in [1.82, 2.24) is 4.98 Å². The third-order valence-corrected chi connectivity index (χ3v) is 1.19. The fourth-order valence-corrected chi connectivity index (χ4v) is 0.733. The minimum atomic E-state index is -0.352. The molecule has 0 aromatic carbocycles. The Bertz CT molecular complexity index is 230. The topological polar surface area (TPSA) is 52.3 Å². The van der Waals surface area contributed by atoms with E-state index in [1.54, 1.807) is 6.92 Å². The van der Waals surface area contributed by atoms with Crippen LogP contribution in [0.1, 0.15) is 25.7 Å². The molecule has 1 atom stereocenters. The zero-order valence-electron chi connectivity index (χ0n) is 6.40. The van der Waals surface area contributed by atoms with E-state index in [1.165, 1.54) is 19.5 Å². The molecule has 0 aliphatic carbocycles. The number of rotatable bonds is 2. The summed E-state index contributed by atoms with van der Waals surface area (Å²) in [7, 11) is 0. The maximum atomic E-state index is 10.5. The predicted molar refractivity (Wildman–Crippen MR) is 36.7 cm³/mol. The molecule has 11 heavy (non-hydrogen) atoms. The Labute approximate surface area is 64.2 Å². The van der Waals surface area contributed by atoms with Crippen molar-refractivity contribution in [1.29, 1.82) is 0 Å². The number of ether oxygens (including phenoxy) is 1. The first-order chi connectivity index (χ1) is 5.20. The van der Waals surface area contributed by atoms with Gasteiger partial charge in [-0.3, -0.25) is 4.79 Å². The van der Waals surface area contributed by atoms with E-state index in [0.29, 0.717) is 5.76 Å². The fourth-order valence-electron chi connectivity index (χ4n) is 0.733. The van der Waals surface area contributed by atoms with Crippen molar-refractivity contribution in [3.8, 4) is 0 Å². The van der Waals surface area contributed by atoms with Gasteiger partial charge in [0.2, 0.25) is 0 Å². The van der Waals surface area contributed by atoms with Crippen molar-refractivity contribution >= 4 is 5.97 Å². The SMILES string of the molecule is CC(=O)OC(C)c1cnco1. The molecule has 0 spiro atoms. The van der Waals surface area contributed by atoms with Crippen molar-refractivity contribution < 1.29 is 13.9 Å². The standard InChI is InChI=1S/C7H9NO3/c1-5(11-6(2)9)7-3-8-4-10-7/h3-5H,1-2H3. The quantitative estimate of drug-likeness (QED) is 0.604. The lowest BCUT2D eigenvalue weighted by atomic mass is 10.3. The van der Waals surface area contributed by atoms with Crippen LogP contribution < -0.4 is 0 Å². The first-order valence-corrected chi connectivity index (χ1v) is 3.25. The van der Waals surface area contributed by atoms with Gasteiger partial charge in [0.05, 0.1) is 6.20 Å². The van der Waals surface area contributed by atoms with Gasteiger partial charge in [-0.25, -0.2) is 4.98 Å². The van der Waals surface area contributed by atoms with Crippen LogP contribution in [0.5, 0.6) is 0 Å². The lowest BCUT2D eigenvalue weighted by molar-refractivity contribution is -0.146. The van der Waals surface area contributed by atoms with Gasteiger partial charge in [-0.05, 0) is 6.92 Å². The molecule has 0 aliphatic rings. The summed E-state index contributed by atoms with van der Waals surface area (Å²) < 4.78 is 9.73. The van der Waals surface area contributed by atoms with Gasteiger partial charge in [-0.2, -0.15) is 0 Å². The summed E-state index contributed by atoms with van der Waals surface area (Å²) in [5, 5.41) is 0. The lowest BCUT2D eigenvalue weighted by Gasteiger charge is -2.06. The summed E-state index contributed by atoms with van der Waals surface area (Å²) in [5.41, 5.74) is 0. The molecule has 1 unspecified atom stereocenters. The van der Waals surface area contributed by atoms with Crippen molar-refractivity contribution in [2.24, 2.45) is 0 Å². The van der Waals surface area contributed by atoms with Gasteiger partial charge < -0.3 is 9.15 Å². The van der Waals surface area contributed by atoms with Crippen LogP contribution in [0.25, 0.3) is 0 Å². The van der Waals surface area contributed by atoms with Crippen LogP contribution in [0.4, 0.5) is 0 Å². The van der Waals surface area contributed by atoms with Crippen LogP contribution in [-0.4, -0.2) is 11.0 Å². The number of esters is 1. The molecule has 0 N–H and O–H groups in total. The lowest BCUT2D eigenvalue weighted by Crippen LogP contribution is -2.03. The van der Waals surface area contributed by atoms with Gasteiger partial charge in [-0.1, -0.05) is 0 Å². The van der Waals surface area contributed by atoms with E-state index in [2.05, 4.69) is 4.98 Å². The summed E-state index contributed by atoms with van der Waals surface area (Å²) in [6.45, 7) is 3.08. The maximum absolute atomic E-state index is 10.5. The van der Waals surface area contributed by atoms with Crippen molar-refractivity contribution in [2.45, 2.75) is 20.0 Å². The second-order valence-corrected chi connectivity index (χ2v) is 2.16. The Hall–Kier alpha value is -1.32. The molecule has 1 aromatic rings. The summed E-state index contributed by atoms with van der Waals surface area (Å²) in [4.78, 5) is 14.2. The van der Waals surface area contributed by atoms with Gasteiger partial charge in [0.25, 0.3) is 0 Å². The molecule has 1 heterocycles. The van der Waals surface area contributed by atoms with Crippen molar-refractivity contribution in [3.05, 3.63) is 18.4 Å². The number of hydrogen-bond acceptors (Lipinski definition) is 4. The highest BCUT2D eigenvalue weighted by Gasteiger charge is 2.10. The minimum absolute atomic E-state index is 0.325. The van der Waals surface area contributed by atoms with Gasteiger partial charge in [0, 0.05) is 6.92 Å². The molecule has 0 saturated heterocycles.